The van der Waals surface area contributed by atoms with Gasteiger partial charge in [0, 0.05) is 45.3 Å². The van der Waals surface area contributed by atoms with Crippen molar-refractivity contribution in [1.82, 2.24) is 14.8 Å². The highest BCUT2D eigenvalue weighted by Gasteiger charge is 2.22. The summed E-state index contributed by atoms with van der Waals surface area (Å²) in [4.78, 5) is 23.3. The van der Waals surface area contributed by atoms with E-state index in [4.69, 9.17) is 0 Å². The first kappa shape index (κ1) is 14.3. The highest BCUT2D eigenvalue weighted by Crippen LogP contribution is 2.13. The van der Waals surface area contributed by atoms with Crippen LogP contribution in [0.25, 0.3) is 0 Å². The molecule has 0 bridgehead atoms. The van der Waals surface area contributed by atoms with Crippen molar-refractivity contribution in [2.75, 3.05) is 50.7 Å². The first-order chi connectivity index (χ1) is 10.3. The Labute approximate surface area is 126 Å². The van der Waals surface area contributed by atoms with E-state index in [0.717, 1.165) is 38.5 Å². The Bertz CT molecular complexity index is 451. The van der Waals surface area contributed by atoms with Crippen LogP contribution < -0.4 is 4.90 Å². The van der Waals surface area contributed by atoms with Gasteiger partial charge in [-0.1, -0.05) is 6.07 Å². The SMILES string of the molecule is O=C(CCN1CCCC1)N1CCN(c2ccccn2)CC1. The zero-order valence-corrected chi connectivity index (χ0v) is 12.6. The summed E-state index contributed by atoms with van der Waals surface area (Å²) >= 11 is 0. The summed E-state index contributed by atoms with van der Waals surface area (Å²) in [6.45, 7) is 6.66. The van der Waals surface area contributed by atoms with Crippen LogP contribution in [0, 0.1) is 0 Å². The minimum absolute atomic E-state index is 0.308. The van der Waals surface area contributed by atoms with Crippen LogP contribution in [0.15, 0.2) is 24.4 Å². The molecule has 2 aliphatic rings. The molecule has 0 spiro atoms. The number of likely N-dealkylation sites (tertiary alicyclic amines) is 1. The fraction of sp³-hybridized carbons (Fsp3) is 0.625. The number of anilines is 1. The number of piperazine rings is 1. The second-order valence-corrected chi connectivity index (χ2v) is 5.85. The molecule has 5 nitrogen and oxygen atoms in total. The number of pyridine rings is 1. The molecule has 3 heterocycles. The third kappa shape index (κ3) is 3.73. The highest BCUT2D eigenvalue weighted by atomic mass is 16.2. The number of aromatic nitrogens is 1. The smallest absolute Gasteiger partial charge is 0.223 e. The van der Waals surface area contributed by atoms with Gasteiger partial charge in [0.25, 0.3) is 0 Å². The van der Waals surface area contributed by atoms with Gasteiger partial charge in [-0.3, -0.25) is 4.79 Å². The van der Waals surface area contributed by atoms with Crippen molar-refractivity contribution in [3.05, 3.63) is 24.4 Å². The highest BCUT2D eigenvalue weighted by molar-refractivity contribution is 5.76. The van der Waals surface area contributed by atoms with Crippen molar-refractivity contribution >= 4 is 11.7 Å². The summed E-state index contributed by atoms with van der Waals surface area (Å²) < 4.78 is 0. The van der Waals surface area contributed by atoms with Crippen molar-refractivity contribution in [3.63, 3.8) is 0 Å². The minimum Gasteiger partial charge on any atom is -0.353 e. The molecule has 1 aromatic heterocycles. The monoisotopic (exact) mass is 288 g/mol. The summed E-state index contributed by atoms with van der Waals surface area (Å²) in [5.41, 5.74) is 0. The first-order valence-corrected chi connectivity index (χ1v) is 7.99. The van der Waals surface area contributed by atoms with E-state index < -0.39 is 0 Å². The second-order valence-electron chi connectivity index (χ2n) is 5.85. The second kappa shape index (κ2) is 6.89. The van der Waals surface area contributed by atoms with Crippen LogP contribution in [0.2, 0.25) is 0 Å². The van der Waals surface area contributed by atoms with Crippen molar-refractivity contribution in [1.29, 1.82) is 0 Å². The Morgan fingerprint density at radius 3 is 2.48 bits per heavy atom. The van der Waals surface area contributed by atoms with Gasteiger partial charge in [-0.25, -0.2) is 4.98 Å². The van der Waals surface area contributed by atoms with Crippen molar-refractivity contribution in [2.24, 2.45) is 0 Å². The summed E-state index contributed by atoms with van der Waals surface area (Å²) in [7, 11) is 0. The molecule has 0 unspecified atom stereocenters. The molecule has 0 N–H and O–H groups in total. The molecule has 1 amide bonds. The number of rotatable bonds is 4. The number of nitrogens with zero attached hydrogens (tertiary/aromatic N) is 4. The zero-order valence-electron chi connectivity index (χ0n) is 12.6. The van der Waals surface area contributed by atoms with Gasteiger partial charge < -0.3 is 14.7 Å². The van der Waals surface area contributed by atoms with Gasteiger partial charge in [-0.2, -0.15) is 0 Å². The Morgan fingerprint density at radius 1 is 1.05 bits per heavy atom. The van der Waals surface area contributed by atoms with E-state index in [1.807, 2.05) is 29.3 Å². The van der Waals surface area contributed by atoms with Crippen LogP contribution in [0.5, 0.6) is 0 Å². The zero-order chi connectivity index (χ0) is 14.5. The van der Waals surface area contributed by atoms with Crippen LogP contribution in [0.3, 0.4) is 0 Å². The van der Waals surface area contributed by atoms with Crippen LogP contribution >= 0.6 is 0 Å². The molecule has 1 aromatic rings. The standard InChI is InChI=1S/C16H24N4O/c21-16(6-10-18-8-3-4-9-18)20-13-11-19(12-14-20)15-5-1-2-7-17-15/h1-2,5,7H,3-4,6,8-14H2. The Kier molecular flexibility index (Phi) is 4.70. The molecular weight excluding hydrogens is 264 g/mol. The molecule has 3 rings (SSSR count). The number of carbonyl (C=O) groups is 1. The lowest BCUT2D eigenvalue weighted by Gasteiger charge is -2.35. The molecule has 0 aromatic carbocycles. The van der Waals surface area contributed by atoms with E-state index in [0.29, 0.717) is 12.3 Å². The average Bonchev–Trinajstić information content (AvgIpc) is 3.07. The summed E-state index contributed by atoms with van der Waals surface area (Å²) in [5.74, 6) is 1.32. The molecule has 2 aliphatic heterocycles. The van der Waals surface area contributed by atoms with Crippen molar-refractivity contribution in [3.8, 4) is 0 Å². The lowest BCUT2D eigenvalue weighted by atomic mass is 10.2. The van der Waals surface area contributed by atoms with Gasteiger partial charge in [-0.15, -0.1) is 0 Å². The van der Waals surface area contributed by atoms with Gasteiger partial charge in [0.05, 0.1) is 0 Å². The maximum atomic E-state index is 12.3. The molecular formula is C16H24N4O. The third-order valence-electron chi connectivity index (χ3n) is 4.45. The van der Waals surface area contributed by atoms with E-state index in [-0.39, 0.29) is 0 Å². The minimum atomic E-state index is 0.308. The normalized spacial score (nSPS) is 20.0. The average molecular weight is 288 g/mol. The van der Waals surface area contributed by atoms with Gasteiger partial charge in [-0.05, 0) is 38.1 Å². The first-order valence-electron chi connectivity index (χ1n) is 7.99. The van der Waals surface area contributed by atoms with Crippen molar-refractivity contribution in [2.45, 2.75) is 19.3 Å². The fourth-order valence-corrected chi connectivity index (χ4v) is 3.14. The molecule has 0 saturated carbocycles. The predicted molar refractivity (Wildman–Crippen MR) is 83.3 cm³/mol. The molecule has 0 aliphatic carbocycles. The van der Waals surface area contributed by atoms with E-state index in [2.05, 4.69) is 14.8 Å². The van der Waals surface area contributed by atoms with Crippen LogP contribution in [-0.4, -0.2) is 66.5 Å². The quantitative estimate of drug-likeness (QED) is 0.835. The molecule has 114 valence electrons. The maximum absolute atomic E-state index is 12.3. The van der Waals surface area contributed by atoms with E-state index in [1.54, 1.807) is 0 Å². The van der Waals surface area contributed by atoms with Crippen LogP contribution in [0.1, 0.15) is 19.3 Å². The topological polar surface area (TPSA) is 39.7 Å². The van der Waals surface area contributed by atoms with Crippen molar-refractivity contribution < 1.29 is 4.79 Å². The predicted octanol–water partition coefficient (Wildman–Crippen LogP) is 1.22. The largest absolute Gasteiger partial charge is 0.353 e. The number of hydrogen-bond donors (Lipinski definition) is 0. The summed E-state index contributed by atoms with van der Waals surface area (Å²) in [5, 5.41) is 0. The number of hydrogen-bond acceptors (Lipinski definition) is 4. The molecule has 0 atom stereocenters. The third-order valence-corrected chi connectivity index (χ3v) is 4.45. The number of amides is 1. The lowest BCUT2D eigenvalue weighted by Crippen LogP contribution is -2.49. The fourth-order valence-electron chi connectivity index (χ4n) is 3.14. The molecule has 2 fully saturated rings. The van der Waals surface area contributed by atoms with Gasteiger partial charge in [0.15, 0.2) is 0 Å². The number of carbonyl (C=O) groups excluding carboxylic acids is 1. The summed E-state index contributed by atoms with van der Waals surface area (Å²) in [6, 6.07) is 5.97. The Hall–Kier alpha value is -1.62. The van der Waals surface area contributed by atoms with Gasteiger partial charge >= 0.3 is 0 Å². The van der Waals surface area contributed by atoms with Gasteiger partial charge in [0.2, 0.25) is 5.91 Å². The van der Waals surface area contributed by atoms with E-state index >= 15 is 0 Å². The van der Waals surface area contributed by atoms with Gasteiger partial charge in [0.1, 0.15) is 5.82 Å². The molecule has 2 saturated heterocycles. The summed E-state index contributed by atoms with van der Waals surface area (Å²) in [6.07, 6.45) is 5.07. The molecule has 0 radical (unpaired) electrons. The van der Waals surface area contributed by atoms with Crippen LogP contribution in [0.4, 0.5) is 5.82 Å². The van der Waals surface area contributed by atoms with E-state index in [9.17, 15) is 4.79 Å². The van der Waals surface area contributed by atoms with E-state index in [1.165, 1.54) is 25.9 Å². The Morgan fingerprint density at radius 2 is 1.81 bits per heavy atom. The lowest BCUT2D eigenvalue weighted by molar-refractivity contribution is -0.131. The Balaban J connectivity index is 1.43. The molecule has 5 heteroatoms. The maximum Gasteiger partial charge on any atom is 0.223 e. The molecule has 21 heavy (non-hydrogen) atoms. The van der Waals surface area contributed by atoms with Crippen LogP contribution in [-0.2, 0) is 4.79 Å².